The lowest BCUT2D eigenvalue weighted by molar-refractivity contribution is -0.836. The van der Waals surface area contributed by atoms with E-state index in [9.17, 15) is 25.9 Å². The van der Waals surface area contributed by atoms with E-state index in [-0.39, 0.29) is 9.79 Å². The van der Waals surface area contributed by atoms with Crippen LogP contribution in [0, 0.1) is 13.8 Å². The SMILES string of the molecule is C[NH+](C)C.C[NH+](C)C.Cc1ccc(S(=O)(=O)[O-])cc1.Cc1ccc(S(=O)(=O)[O-])cc1. The van der Waals surface area contributed by atoms with Gasteiger partial charge in [-0.25, -0.2) is 16.8 Å². The lowest BCUT2D eigenvalue weighted by Crippen LogP contribution is -3.02. The number of nitrogens with one attached hydrogen (secondary N) is 2. The zero-order chi connectivity index (χ0) is 24.1. The molecule has 2 aromatic carbocycles. The van der Waals surface area contributed by atoms with Crippen molar-refractivity contribution in [3.63, 3.8) is 0 Å². The van der Waals surface area contributed by atoms with Crippen LogP contribution in [0.5, 0.6) is 0 Å². The third kappa shape index (κ3) is 18.2. The van der Waals surface area contributed by atoms with Crippen molar-refractivity contribution in [2.45, 2.75) is 23.6 Å². The summed E-state index contributed by atoms with van der Waals surface area (Å²) in [6.45, 7) is 3.64. The molecule has 8 nitrogen and oxygen atoms in total. The highest BCUT2D eigenvalue weighted by Crippen LogP contribution is 2.09. The van der Waals surface area contributed by atoms with Crippen molar-refractivity contribution in [2.24, 2.45) is 0 Å². The van der Waals surface area contributed by atoms with Crippen LogP contribution in [0.4, 0.5) is 0 Å². The van der Waals surface area contributed by atoms with Crippen molar-refractivity contribution in [1.29, 1.82) is 0 Å². The summed E-state index contributed by atoms with van der Waals surface area (Å²) in [5.74, 6) is 0. The van der Waals surface area contributed by atoms with Gasteiger partial charge in [0, 0.05) is 0 Å². The Labute approximate surface area is 181 Å². The van der Waals surface area contributed by atoms with Gasteiger partial charge < -0.3 is 18.9 Å². The fraction of sp³-hybridized carbons (Fsp3) is 0.400. The Bertz CT molecular complexity index is 837. The fourth-order valence-electron chi connectivity index (χ4n) is 1.41. The van der Waals surface area contributed by atoms with Gasteiger partial charge in [-0.3, -0.25) is 0 Å². The third-order valence-corrected chi connectivity index (χ3v) is 4.32. The van der Waals surface area contributed by atoms with Crippen molar-refractivity contribution in [2.75, 3.05) is 42.3 Å². The monoisotopic (exact) mass is 462 g/mol. The second-order valence-electron chi connectivity index (χ2n) is 7.53. The number of benzene rings is 2. The molecule has 0 amide bonds. The van der Waals surface area contributed by atoms with Gasteiger partial charge in [0.05, 0.1) is 52.1 Å². The number of quaternary nitrogens is 2. The van der Waals surface area contributed by atoms with E-state index < -0.39 is 20.2 Å². The molecule has 0 heterocycles. The van der Waals surface area contributed by atoms with Gasteiger partial charge in [-0.15, -0.1) is 0 Å². The van der Waals surface area contributed by atoms with Gasteiger partial charge in [0.25, 0.3) is 0 Å². The van der Waals surface area contributed by atoms with Crippen LogP contribution in [0.25, 0.3) is 0 Å². The molecule has 0 spiro atoms. The van der Waals surface area contributed by atoms with Crippen LogP contribution in [0.2, 0.25) is 0 Å². The molecule has 0 aliphatic heterocycles. The highest BCUT2D eigenvalue weighted by atomic mass is 32.2. The average molecular weight is 463 g/mol. The van der Waals surface area contributed by atoms with E-state index in [4.69, 9.17) is 0 Å². The van der Waals surface area contributed by atoms with Crippen molar-refractivity contribution in [3.8, 4) is 0 Å². The van der Waals surface area contributed by atoms with Gasteiger partial charge in [-0.05, 0) is 38.1 Å². The second kappa shape index (κ2) is 14.2. The molecule has 0 bridgehead atoms. The molecule has 0 aromatic heterocycles. The summed E-state index contributed by atoms with van der Waals surface area (Å²) in [7, 11) is 3.96. The molecule has 172 valence electrons. The highest BCUT2D eigenvalue weighted by molar-refractivity contribution is 7.86. The maximum absolute atomic E-state index is 10.4. The number of hydrogen-bond acceptors (Lipinski definition) is 6. The van der Waals surface area contributed by atoms with Gasteiger partial charge in [0.15, 0.2) is 0 Å². The van der Waals surface area contributed by atoms with Crippen molar-refractivity contribution in [1.82, 2.24) is 0 Å². The van der Waals surface area contributed by atoms with E-state index in [1.54, 1.807) is 24.3 Å². The van der Waals surface area contributed by atoms with Gasteiger partial charge in [0.1, 0.15) is 20.2 Å². The van der Waals surface area contributed by atoms with Crippen molar-refractivity contribution >= 4 is 20.2 Å². The van der Waals surface area contributed by atoms with Gasteiger partial charge in [-0.2, -0.15) is 0 Å². The first-order valence-electron chi connectivity index (χ1n) is 9.05. The average Bonchev–Trinajstić information content (AvgIpc) is 2.53. The largest absolute Gasteiger partial charge is 0.744 e. The summed E-state index contributed by atoms with van der Waals surface area (Å²) in [5, 5.41) is 0. The van der Waals surface area contributed by atoms with E-state index >= 15 is 0 Å². The molecular weight excluding hydrogens is 428 g/mol. The molecule has 10 heteroatoms. The van der Waals surface area contributed by atoms with Crippen LogP contribution >= 0.6 is 0 Å². The Balaban J connectivity index is 0. The van der Waals surface area contributed by atoms with Crippen LogP contribution in [0.3, 0.4) is 0 Å². The highest BCUT2D eigenvalue weighted by Gasteiger charge is 1.98. The molecule has 2 N–H and O–H groups in total. The minimum Gasteiger partial charge on any atom is -0.744 e. The van der Waals surface area contributed by atoms with Crippen LogP contribution in [0.15, 0.2) is 58.3 Å². The molecule has 30 heavy (non-hydrogen) atoms. The minimum atomic E-state index is -4.27. The molecule has 2 aromatic rings. The summed E-state index contributed by atoms with van der Waals surface area (Å²) >= 11 is 0. The van der Waals surface area contributed by atoms with Gasteiger partial charge in [-0.1, -0.05) is 35.4 Å². The first kappa shape index (κ1) is 30.4. The molecule has 0 aliphatic rings. The molecule has 0 fully saturated rings. The molecule has 0 atom stereocenters. The molecule has 0 saturated carbocycles. The number of rotatable bonds is 2. The summed E-state index contributed by atoms with van der Waals surface area (Å²) in [4.78, 5) is 2.48. The Morgan fingerprint density at radius 3 is 0.833 bits per heavy atom. The lowest BCUT2D eigenvalue weighted by Gasteiger charge is -2.05. The Morgan fingerprint density at radius 2 is 0.700 bits per heavy atom. The zero-order valence-electron chi connectivity index (χ0n) is 18.9. The maximum Gasteiger partial charge on any atom is 0.124 e. The molecular formula is C20H34N2O6S2. The summed E-state index contributed by atoms with van der Waals surface area (Å²) < 4.78 is 62.3. The number of aryl methyl sites for hydroxylation is 2. The van der Waals surface area contributed by atoms with Gasteiger partial charge in [0.2, 0.25) is 0 Å². The van der Waals surface area contributed by atoms with E-state index in [1.165, 1.54) is 34.1 Å². The molecule has 2 rings (SSSR count). The van der Waals surface area contributed by atoms with E-state index in [0.717, 1.165) is 11.1 Å². The lowest BCUT2D eigenvalue weighted by atomic mass is 10.2. The Hall–Kier alpha value is -1.82. The second-order valence-corrected chi connectivity index (χ2v) is 10.3. The van der Waals surface area contributed by atoms with E-state index in [0.29, 0.717) is 0 Å². The topological polar surface area (TPSA) is 123 Å². The predicted octanol–water partition coefficient (Wildman–Crippen LogP) is -0.680. The van der Waals surface area contributed by atoms with Crippen molar-refractivity contribution in [3.05, 3.63) is 59.7 Å². The predicted molar refractivity (Wildman–Crippen MR) is 116 cm³/mol. The smallest absolute Gasteiger partial charge is 0.124 e. The van der Waals surface area contributed by atoms with E-state index in [2.05, 4.69) is 42.3 Å². The van der Waals surface area contributed by atoms with Crippen molar-refractivity contribution < 1.29 is 35.7 Å². The molecule has 0 aliphatic carbocycles. The molecule has 0 unspecified atom stereocenters. The Kier molecular flexibility index (Phi) is 14.4. The first-order chi connectivity index (χ1) is 13.5. The van der Waals surface area contributed by atoms with E-state index in [1.807, 2.05) is 13.8 Å². The zero-order valence-corrected chi connectivity index (χ0v) is 20.5. The normalized spacial score (nSPS) is 10.8. The fourth-order valence-corrected chi connectivity index (χ4v) is 2.35. The standard InChI is InChI=1S/2C7H8O3S.2C3H9N/c2*1-6-2-4-7(5-3-6)11(8,9)10;2*1-4(2)3/h2*2-5H,1H3,(H,8,9,10);2*1-3H3. The van der Waals surface area contributed by atoms with Crippen LogP contribution < -0.4 is 9.80 Å². The van der Waals surface area contributed by atoms with Crippen LogP contribution in [-0.2, 0) is 20.2 Å². The molecule has 0 radical (unpaired) electrons. The van der Waals surface area contributed by atoms with Gasteiger partial charge >= 0.3 is 0 Å². The summed E-state index contributed by atoms with van der Waals surface area (Å²) in [6.07, 6.45) is 0. The Morgan fingerprint density at radius 1 is 0.533 bits per heavy atom. The summed E-state index contributed by atoms with van der Waals surface area (Å²) in [6, 6.07) is 11.6. The summed E-state index contributed by atoms with van der Waals surface area (Å²) in [5.41, 5.74) is 1.86. The van der Waals surface area contributed by atoms with Crippen LogP contribution in [0.1, 0.15) is 11.1 Å². The third-order valence-electron chi connectivity index (χ3n) is 2.62. The first-order valence-corrected chi connectivity index (χ1v) is 11.9. The maximum atomic E-state index is 10.4. The van der Waals surface area contributed by atoms with Crippen LogP contribution in [-0.4, -0.2) is 68.2 Å². The quantitative estimate of drug-likeness (QED) is 0.570. The molecule has 0 saturated heterocycles. The minimum absolute atomic E-state index is 0.178. The number of hydrogen-bond donors (Lipinski definition) is 2.